The molecular formula is C21H19F2N5O. The second-order valence-electron chi connectivity index (χ2n) is 7.55. The van der Waals surface area contributed by atoms with E-state index < -0.39 is 11.6 Å². The molecule has 29 heavy (non-hydrogen) atoms. The number of H-pyrrole nitrogens is 2. The van der Waals surface area contributed by atoms with E-state index in [4.69, 9.17) is 4.98 Å². The molecule has 0 radical (unpaired) electrons. The van der Waals surface area contributed by atoms with Gasteiger partial charge in [0.05, 0.1) is 17.6 Å². The summed E-state index contributed by atoms with van der Waals surface area (Å²) in [6.45, 7) is 0.0433. The maximum absolute atomic E-state index is 14.2. The monoisotopic (exact) mass is 395 g/mol. The molecule has 4 aromatic rings. The molecule has 8 heteroatoms. The van der Waals surface area contributed by atoms with Gasteiger partial charge in [-0.15, -0.1) is 0 Å². The number of benzene rings is 2. The molecule has 0 atom stereocenters. The lowest BCUT2D eigenvalue weighted by molar-refractivity contribution is 0.309. The van der Waals surface area contributed by atoms with Gasteiger partial charge in [-0.25, -0.2) is 23.2 Å². The third-order valence-corrected chi connectivity index (χ3v) is 5.53. The van der Waals surface area contributed by atoms with E-state index in [0.717, 1.165) is 31.4 Å². The lowest BCUT2D eigenvalue weighted by atomic mass is 9.83. The first-order valence-corrected chi connectivity index (χ1v) is 9.66. The van der Waals surface area contributed by atoms with Crippen LogP contribution >= 0.6 is 0 Å². The van der Waals surface area contributed by atoms with Crippen LogP contribution in [0.15, 0.2) is 41.2 Å². The molecule has 2 heterocycles. The van der Waals surface area contributed by atoms with E-state index in [1.54, 1.807) is 10.7 Å². The zero-order valence-corrected chi connectivity index (χ0v) is 15.6. The van der Waals surface area contributed by atoms with Crippen LogP contribution < -0.4 is 5.69 Å². The van der Waals surface area contributed by atoms with E-state index in [1.165, 1.54) is 12.5 Å². The first-order valence-electron chi connectivity index (χ1n) is 9.66. The van der Waals surface area contributed by atoms with Crippen LogP contribution in [0.4, 0.5) is 8.78 Å². The standard InChI is InChI=1S/C21H19F2N5O/c22-14-7-8-16(23)13(10-14)11-28-20(25-18(27-28)9-12-3-1-4-12)15-5-2-6-17-19(15)26-21(29)24-17/h2,5-8,10,12H,1,3-4,9,11H2,(H2,24,26,29). The van der Waals surface area contributed by atoms with Gasteiger partial charge in [-0.3, -0.25) is 0 Å². The van der Waals surface area contributed by atoms with Crippen molar-refractivity contribution in [1.82, 2.24) is 24.7 Å². The molecular weight excluding hydrogens is 376 g/mol. The van der Waals surface area contributed by atoms with Crippen LogP contribution in [0, 0.1) is 17.6 Å². The molecule has 6 nitrogen and oxygen atoms in total. The molecule has 0 amide bonds. The number of fused-ring (bicyclic) bond motifs is 1. The maximum Gasteiger partial charge on any atom is 0.323 e. The lowest BCUT2D eigenvalue weighted by Gasteiger charge is -2.23. The number of hydrogen-bond acceptors (Lipinski definition) is 3. The summed E-state index contributed by atoms with van der Waals surface area (Å²) in [5.74, 6) is 0.754. The number of aromatic amines is 2. The zero-order valence-electron chi connectivity index (χ0n) is 15.6. The van der Waals surface area contributed by atoms with Gasteiger partial charge in [0.25, 0.3) is 0 Å². The predicted molar refractivity (Wildman–Crippen MR) is 104 cm³/mol. The number of halogens is 2. The first-order chi connectivity index (χ1) is 14.1. The first kappa shape index (κ1) is 17.8. The van der Waals surface area contributed by atoms with Gasteiger partial charge in [0, 0.05) is 17.5 Å². The molecule has 0 aliphatic heterocycles. The van der Waals surface area contributed by atoms with Crippen LogP contribution in [0.5, 0.6) is 0 Å². The van der Waals surface area contributed by atoms with Crippen molar-refractivity contribution in [2.24, 2.45) is 5.92 Å². The van der Waals surface area contributed by atoms with Gasteiger partial charge >= 0.3 is 5.69 Å². The Labute approximate surface area is 164 Å². The van der Waals surface area contributed by atoms with Crippen LogP contribution in [0.3, 0.4) is 0 Å². The van der Waals surface area contributed by atoms with Crippen molar-refractivity contribution in [3.8, 4) is 11.4 Å². The Hall–Kier alpha value is -3.29. The van der Waals surface area contributed by atoms with Crippen molar-refractivity contribution in [1.29, 1.82) is 0 Å². The molecule has 0 bridgehead atoms. The highest BCUT2D eigenvalue weighted by Gasteiger charge is 2.23. The zero-order chi connectivity index (χ0) is 20.0. The lowest BCUT2D eigenvalue weighted by Crippen LogP contribution is -2.14. The average molecular weight is 395 g/mol. The molecule has 5 rings (SSSR count). The minimum atomic E-state index is -0.505. The Morgan fingerprint density at radius 1 is 1.14 bits per heavy atom. The van der Waals surface area contributed by atoms with E-state index in [1.807, 2.05) is 12.1 Å². The molecule has 2 aromatic heterocycles. The summed E-state index contributed by atoms with van der Waals surface area (Å²) in [7, 11) is 0. The highest BCUT2D eigenvalue weighted by molar-refractivity contribution is 5.89. The van der Waals surface area contributed by atoms with E-state index in [0.29, 0.717) is 34.2 Å². The molecule has 0 spiro atoms. The normalized spacial score (nSPS) is 14.4. The van der Waals surface area contributed by atoms with Crippen LogP contribution in [0.25, 0.3) is 22.4 Å². The van der Waals surface area contributed by atoms with Gasteiger partial charge in [0.15, 0.2) is 11.6 Å². The van der Waals surface area contributed by atoms with Crippen LogP contribution in [0.1, 0.15) is 30.7 Å². The van der Waals surface area contributed by atoms with Gasteiger partial charge < -0.3 is 9.97 Å². The van der Waals surface area contributed by atoms with Gasteiger partial charge in [-0.05, 0) is 36.2 Å². The summed E-state index contributed by atoms with van der Waals surface area (Å²) in [6.07, 6.45) is 4.29. The fraction of sp³-hybridized carbons (Fsp3) is 0.286. The van der Waals surface area contributed by atoms with Crippen LogP contribution in [0.2, 0.25) is 0 Å². The average Bonchev–Trinajstić information content (AvgIpc) is 3.23. The van der Waals surface area contributed by atoms with Crippen LogP contribution in [-0.2, 0) is 13.0 Å². The van der Waals surface area contributed by atoms with Gasteiger partial charge in [0.2, 0.25) is 0 Å². The fourth-order valence-electron chi connectivity index (χ4n) is 3.81. The maximum atomic E-state index is 14.2. The highest BCUT2D eigenvalue weighted by atomic mass is 19.1. The van der Waals surface area contributed by atoms with E-state index in [2.05, 4.69) is 15.1 Å². The summed E-state index contributed by atoms with van der Waals surface area (Å²) >= 11 is 0. The Kier molecular flexibility index (Phi) is 4.26. The number of aromatic nitrogens is 5. The summed E-state index contributed by atoms with van der Waals surface area (Å²) < 4.78 is 29.5. The van der Waals surface area contributed by atoms with Crippen molar-refractivity contribution in [2.75, 3.05) is 0 Å². The quantitative estimate of drug-likeness (QED) is 0.540. The van der Waals surface area contributed by atoms with Crippen molar-refractivity contribution < 1.29 is 8.78 Å². The van der Waals surface area contributed by atoms with Crippen molar-refractivity contribution in [3.63, 3.8) is 0 Å². The van der Waals surface area contributed by atoms with Crippen molar-refractivity contribution in [3.05, 3.63) is 69.9 Å². The Morgan fingerprint density at radius 2 is 2.00 bits per heavy atom. The van der Waals surface area contributed by atoms with E-state index in [-0.39, 0.29) is 17.8 Å². The fourth-order valence-corrected chi connectivity index (χ4v) is 3.81. The SMILES string of the molecule is O=c1[nH]c2cccc(-c3nc(CC4CCC4)nn3Cc3cc(F)ccc3F)c2[nH]1. The van der Waals surface area contributed by atoms with Crippen molar-refractivity contribution >= 4 is 11.0 Å². The molecule has 148 valence electrons. The van der Waals surface area contributed by atoms with Crippen molar-refractivity contribution in [2.45, 2.75) is 32.2 Å². The van der Waals surface area contributed by atoms with Crippen LogP contribution in [-0.4, -0.2) is 24.7 Å². The topological polar surface area (TPSA) is 79.4 Å². The Morgan fingerprint density at radius 3 is 2.79 bits per heavy atom. The molecule has 1 aliphatic carbocycles. The van der Waals surface area contributed by atoms with Gasteiger partial charge in [-0.1, -0.05) is 25.3 Å². The molecule has 2 N–H and O–H groups in total. The number of nitrogens with one attached hydrogen (secondary N) is 2. The summed E-state index contributed by atoms with van der Waals surface area (Å²) in [5, 5.41) is 4.60. The Balaban J connectivity index is 1.62. The molecule has 2 aromatic carbocycles. The van der Waals surface area contributed by atoms with Gasteiger partial charge in [-0.2, -0.15) is 5.10 Å². The summed E-state index contributed by atoms with van der Waals surface area (Å²) in [6, 6.07) is 8.82. The number of rotatable bonds is 5. The molecule has 0 unspecified atom stereocenters. The third-order valence-electron chi connectivity index (χ3n) is 5.53. The number of para-hydroxylation sites is 1. The predicted octanol–water partition coefficient (Wildman–Crippen LogP) is 3.78. The molecule has 1 aliphatic rings. The van der Waals surface area contributed by atoms with E-state index in [9.17, 15) is 13.6 Å². The number of imidazole rings is 1. The minimum Gasteiger partial charge on any atom is -0.306 e. The summed E-state index contributed by atoms with van der Waals surface area (Å²) in [4.78, 5) is 22.0. The molecule has 0 saturated heterocycles. The third kappa shape index (κ3) is 3.35. The largest absolute Gasteiger partial charge is 0.323 e. The second-order valence-corrected chi connectivity index (χ2v) is 7.55. The smallest absolute Gasteiger partial charge is 0.306 e. The number of hydrogen-bond donors (Lipinski definition) is 2. The van der Waals surface area contributed by atoms with Gasteiger partial charge in [0.1, 0.15) is 11.6 Å². The Bertz CT molecular complexity index is 1250. The number of nitrogens with zero attached hydrogens (tertiary/aromatic N) is 3. The summed E-state index contributed by atoms with van der Waals surface area (Å²) in [5.41, 5.74) is 1.83. The minimum absolute atomic E-state index is 0.0433. The molecule has 1 fully saturated rings. The second kappa shape index (κ2) is 6.95. The van der Waals surface area contributed by atoms with E-state index >= 15 is 0 Å². The highest BCUT2D eigenvalue weighted by Crippen LogP contribution is 2.31. The molecule has 1 saturated carbocycles.